The molecule has 0 fully saturated rings. The Morgan fingerprint density at radius 1 is 1.04 bits per heavy atom. The van der Waals surface area contributed by atoms with Crippen molar-refractivity contribution in [3.63, 3.8) is 0 Å². The van der Waals surface area contributed by atoms with E-state index in [1.807, 2.05) is 36.5 Å². The van der Waals surface area contributed by atoms with E-state index in [4.69, 9.17) is 4.42 Å². The molecule has 0 spiro atoms. The van der Waals surface area contributed by atoms with Crippen LogP contribution >= 0.6 is 0 Å². The van der Waals surface area contributed by atoms with Gasteiger partial charge >= 0.3 is 0 Å². The SMILES string of the molecule is CC(=O)CCc1oc2cc(-c3cccnc3)ccc2c1-c1ccc(F)cc1. The van der Waals surface area contributed by atoms with Crippen LogP contribution in [-0.4, -0.2) is 10.8 Å². The minimum absolute atomic E-state index is 0.108. The first-order chi connectivity index (χ1) is 13.1. The van der Waals surface area contributed by atoms with Crippen LogP contribution in [0.4, 0.5) is 4.39 Å². The molecule has 0 unspecified atom stereocenters. The largest absolute Gasteiger partial charge is 0.460 e. The fourth-order valence-electron chi connectivity index (χ4n) is 3.26. The minimum Gasteiger partial charge on any atom is -0.460 e. The number of carbonyl (C=O) groups is 1. The molecule has 0 aliphatic heterocycles. The summed E-state index contributed by atoms with van der Waals surface area (Å²) in [7, 11) is 0. The minimum atomic E-state index is -0.282. The van der Waals surface area contributed by atoms with Gasteiger partial charge in [0.2, 0.25) is 0 Å². The molecule has 4 rings (SSSR count). The molecule has 0 saturated heterocycles. The zero-order chi connectivity index (χ0) is 18.8. The Labute approximate surface area is 156 Å². The van der Waals surface area contributed by atoms with Gasteiger partial charge < -0.3 is 9.21 Å². The van der Waals surface area contributed by atoms with E-state index in [-0.39, 0.29) is 11.6 Å². The van der Waals surface area contributed by atoms with Gasteiger partial charge in [0, 0.05) is 41.7 Å². The number of nitrogens with zero attached hydrogens (tertiary/aromatic N) is 1. The number of aromatic nitrogens is 1. The van der Waals surface area contributed by atoms with Gasteiger partial charge in [-0.15, -0.1) is 0 Å². The first-order valence-corrected chi connectivity index (χ1v) is 8.83. The van der Waals surface area contributed by atoms with Crippen molar-refractivity contribution in [1.29, 1.82) is 0 Å². The summed E-state index contributed by atoms with van der Waals surface area (Å²) < 4.78 is 19.5. The van der Waals surface area contributed by atoms with E-state index >= 15 is 0 Å². The van der Waals surface area contributed by atoms with Crippen molar-refractivity contribution >= 4 is 16.8 Å². The van der Waals surface area contributed by atoms with Gasteiger partial charge in [-0.1, -0.05) is 24.3 Å². The van der Waals surface area contributed by atoms with Crippen LogP contribution in [0, 0.1) is 5.82 Å². The second-order valence-corrected chi connectivity index (χ2v) is 6.56. The van der Waals surface area contributed by atoms with E-state index in [2.05, 4.69) is 4.98 Å². The molecule has 4 heteroatoms. The molecular weight excluding hydrogens is 341 g/mol. The standard InChI is InChI=1S/C23H18FNO2/c1-15(26)4-11-21-23(16-5-8-19(24)9-6-16)20-10-7-17(13-22(20)27-21)18-3-2-12-25-14-18/h2-3,5-10,12-14H,4,11H2,1H3. The van der Waals surface area contributed by atoms with Crippen LogP contribution in [-0.2, 0) is 11.2 Å². The van der Waals surface area contributed by atoms with Gasteiger partial charge in [0.15, 0.2) is 0 Å². The molecule has 0 N–H and O–H groups in total. The van der Waals surface area contributed by atoms with Gasteiger partial charge in [0.05, 0.1) is 0 Å². The lowest BCUT2D eigenvalue weighted by Crippen LogP contribution is -1.94. The highest BCUT2D eigenvalue weighted by molar-refractivity contribution is 5.97. The number of ketones is 1. The highest BCUT2D eigenvalue weighted by Gasteiger charge is 2.17. The number of hydrogen-bond acceptors (Lipinski definition) is 3. The number of aryl methyl sites for hydroxylation is 1. The highest BCUT2D eigenvalue weighted by atomic mass is 19.1. The summed E-state index contributed by atoms with van der Waals surface area (Å²) in [6, 6.07) is 16.3. The zero-order valence-electron chi connectivity index (χ0n) is 14.9. The van der Waals surface area contributed by atoms with E-state index in [9.17, 15) is 9.18 Å². The Morgan fingerprint density at radius 3 is 2.52 bits per heavy atom. The van der Waals surface area contributed by atoms with Crippen LogP contribution in [0.3, 0.4) is 0 Å². The molecule has 134 valence electrons. The number of rotatable bonds is 5. The van der Waals surface area contributed by atoms with Crippen LogP contribution in [0.2, 0.25) is 0 Å². The number of furan rings is 1. The maximum absolute atomic E-state index is 13.4. The Bertz CT molecular complexity index is 1100. The third kappa shape index (κ3) is 3.51. The third-order valence-corrected chi connectivity index (χ3v) is 4.59. The highest BCUT2D eigenvalue weighted by Crippen LogP contribution is 2.37. The Hall–Kier alpha value is -3.27. The molecule has 2 aromatic heterocycles. The van der Waals surface area contributed by atoms with E-state index in [0.29, 0.717) is 12.8 Å². The van der Waals surface area contributed by atoms with Crippen molar-refractivity contribution in [3.8, 4) is 22.3 Å². The average Bonchev–Trinajstić information content (AvgIpc) is 3.05. The number of halogens is 1. The molecule has 0 radical (unpaired) electrons. The van der Waals surface area contributed by atoms with Crippen LogP contribution < -0.4 is 0 Å². The predicted octanol–water partition coefficient (Wildman–Crippen LogP) is 5.82. The summed E-state index contributed by atoms with van der Waals surface area (Å²) >= 11 is 0. The summed E-state index contributed by atoms with van der Waals surface area (Å²) in [6.07, 6.45) is 4.46. The summed E-state index contributed by atoms with van der Waals surface area (Å²) in [6.45, 7) is 1.57. The maximum Gasteiger partial charge on any atom is 0.135 e. The van der Waals surface area contributed by atoms with Crippen LogP contribution in [0.25, 0.3) is 33.2 Å². The Morgan fingerprint density at radius 2 is 1.81 bits per heavy atom. The van der Waals surface area contributed by atoms with E-state index in [1.54, 1.807) is 25.3 Å². The molecular formula is C23H18FNO2. The molecule has 2 heterocycles. The molecule has 4 aromatic rings. The molecule has 2 aromatic carbocycles. The summed E-state index contributed by atoms with van der Waals surface area (Å²) in [4.78, 5) is 15.6. The second kappa shape index (κ2) is 7.16. The lowest BCUT2D eigenvalue weighted by Gasteiger charge is -2.04. The molecule has 0 aliphatic carbocycles. The molecule has 0 aliphatic rings. The van der Waals surface area contributed by atoms with Crippen LogP contribution in [0.5, 0.6) is 0 Å². The molecule has 27 heavy (non-hydrogen) atoms. The van der Waals surface area contributed by atoms with Gasteiger partial charge in [-0.3, -0.25) is 4.98 Å². The topological polar surface area (TPSA) is 43.1 Å². The van der Waals surface area contributed by atoms with E-state index < -0.39 is 0 Å². The summed E-state index contributed by atoms with van der Waals surface area (Å²) in [5.74, 6) is 0.572. The average molecular weight is 359 g/mol. The normalized spacial score (nSPS) is 11.0. The van der Waals surface area contributed by atoms with Gasteiger partial charge in [-0.25, -0.2) is 4.39 Å². The first-order valence-electron chi connectivity index (χ1n) is 8.83. The van der Waals surface area contributed by atoms with E-state index in [1.165, 1.54) is 12.1 Å². The van der Waals surface area contributed by atoms with Gasteiger partial charge in [-0.2, -0.15) is 0 Å². The molecule has 0 amide bonds. The van der Waals surface area contributed by atoms with Crippen LogP contribution in [0.15, 0.2) is 71.4 Å². The van der Waals surface area contributed by atoms with Crippen molar-refractivity contribution in [3.05, 3.63) is 78.6 Å². The number of Topliss-reactive ketones (excluding diaryl/α,β-unsaturated/α-hetero) is 1. The van der Waals surface area contributed by atoms with Crippen LogP contribution in [0.1, 0.15) is 19.1 Å². The Kier molecular flexibility index (Phi) is 4.55. The quantitative estimate of drug-likeness (QED) is 0.451. The molecule has 0 atom stereocenters. The number of fused-ring (bicyclic) bond motifs is 1. The van der Waals surface area contributed by atoms with E-state index in [0.717, 1.165) is 39.0 Å². The number of hydrogen-bond donors (Lipinski definition) is 0. The van der Waals surface area contributed by atoms with Gasteiger partial charge in [0.1, 0.15) is 22.9 Å². The van der Waals surface area contributed by atoms with Crippen molar-refractivity contribution in [2.75, 3.05) is 0 Å². The van der Waals surface area contributed by atoms with Crippen molar-refractivity contribution in [1.82, 2.24) is 4.98 Å². The molecule has 0 bridgehead atoms. The number of carbonyl (C=O) groups excluding carboxylic acids is 1. The fraction of sp³-hybridized carbons (Fsp3) is 0.130. The number of benzene rings is 2. The predicted molar refractivity (Wildman–Crippen MR) is 104 cm³/mol. The van der Waals surface area contributed by atoms with Gasteiger partial charge in [0.25, 0.3) is 0 Å². The monoisotopic (exact) mass is 359 g/mol. The summed E-state index contributed by atoms with van der Waals surface area (Å²) in [5.41, 5.74) is 4.55. The van der Waals surface area contributed by atoms with Crippen molar-refractivity contribution in [2.45, 2.75) is 19.8 Å². The van der Waals surface area contributed by atoms with Gasteiger partial charge in [-0.05, 0) is 48.4 Å². The lowest BCUT2D eigenvalue weighted by molar-refractivity contribution is -0.117. The maximum atomic E-state index is 13.4. The number of pyridine rings is 1. The van der Waals surface area contributed by atoms with Crippen molar-refractivity contribution < 1.29 is 13.6 Å². The molecule has 0 saturated carbocycles. The zero-order valence-corrected chi connectivity index (χ0v) is 14.9. The van der Waals surface area contributed by atoms with Crippen molar-refractivity contribution in [2.24, 2.45) is 0 Å². The second-order valence-electron chi connectivity index (χ2n) is 6.56. The third-order valence-electron chi connectivity index (χ3n) is 4.59. The Balaban J connectivity index is 1.86. The molecule has 3 nitrogen and oxygen atoms in total. The summed E-state index contributed by atoms with van der Waals surface area (Å²) in [5, 5.41) is 0.952. The smallest absolute Gasteiger partial charge is 0.135 e. The fourth-order valence-corrected chi connectivity index (χ4v) is 3.26. The lowest BCUT2D eigenvalue weighted by atomic mass is 9.98. The first kappa shape index (κ1) is 17.2.